The van der Waals surface area contributed by atoms with Gasteiger partial charge in [0.05, 0.1) is 24.6 Å². The van der Waals surface area contributed by atoms with Gasteiger partial charge in [-0.25, -0.2) is 8.42 Å². The number of carbonyl (C=O) groups is 1. The monoisotopic (exact) mass is 418 g/mol. The van der Waals surface area contributed by atoms with E-state index in [0.717, 1.165) is 21.7 Å². The van der Waals surface area contributed by atoms with E-state index in [0.29, 0.717) is 24.5 Å². The van der Waals surface area contributed by atoms with Gasteiger partial charge in [0.25, 0.3) is 0 Å². The quantitative estimate of drug-likeness (QED) is 0.672. The second-order valence-corrected chi connectivity index (χ2v) is 8.90. The maximum atomic E-state index is 12.9. The molecular weight excluding hydrogens is 388 g/mol. The molecule has 1 N–H and O–H groups in total. The number of benzene rings is 2. The Labute approximate surface area is 173 Å². The van der Waals surface area contributed by atoms with Gasteiger partial charge in [-0.3, -0.25) is 9.10 Å². The lowest BCUT2D eigenvalue weighted by Gasteiger charge is -2.30. The van der Waals surface area contributed by atoms with E-state index in [4.69, 9.17) is 4.74 Å². The molecular formula is C22H30N2O4S. The number of hydrogen-bond acceptors (Lipinski definition) is 4. The van der Waals surface area contributed by atoms with E-state index in [1.54, 1.807) is 31.2 Å². The van der Waals surface area contributed by atoms with Gasteiger partial charge in [-0.2, -0.15) is 0 Å². The van der Waals surface area contributed by atoms with E-state index in [-0.39, 0.29) is 11.9 Å². The van der Waals surface area contributed by atoms with Crippen molar-refractivity contribution in [3.63, 3.8) is 0 Å². The third-order valence-corrected chi connectivity index (χ3v) is 5.94. The largest absolute Gasteiger partial charge is 0.494 e. The number of nitrogens with one attached hydrogen (secondary N) is 1. The van der Waals surface area contributed by atoms with Crippen LogP contribution in [0.15, 0.2) is 48.5 Å². The van der Waals surface area contributed by atoms with E-state index in [1.165, 1.54) is 0 Å². The summed E-state index contributed by atoms with van der Waals surface area (Å²) >= 11 is 0. The standard InChI is InChI=1S/C22H30N2O4S/c1-6-21(18-10-8-16(3)9-11-18)23-22(25)17(4)24(29(5,26)27)19-12-14-20(15-13-19)28-7-2/h8-15,17,21H,6-7H2,1-5H3,(H,23,25)/t17-,21-/m0/s1. The first-order chi connectivity index (χ1) is 13.7. The van der Waals surface area contributed by atoms with Crippen LogP contribution < -0.4 is 14.4 Å². The molecule has 0 radical (unpaired) electrons. The molecule has 0 aliphatic rings. The highest BCUT2D eigenvalue weighted by molar-refractivity contribution is 7.92. The van der Waals surface area contributed by atoms with Gasteiger partial charge in [0.15, 0.2) is 0 Å². The van der Waals surface area contributed by atoms with Crippen molar-refractivity contribution in [2.24, 2.45) is 0 Å². The van der Waals surface area contributed by atoms with Crippen LogP contribution in [0.25, 0.3) is 0 Å². The third-order valence-electron chi connectivity index (χ3n) is 4.70. The second kappa shape index (κ2) is 9.78. The Bertz CT molecular complexity index is 909. The van der Waals surface area contributed by atoms with Gasteiger partial charge in [0, 0.05) is 0 Å². The Kier molecular flexibility index (Phi) is 7.67. The van der Waals surface area contributed by atoms with E-state index in [1.807, 2.05) is 45.0 Å². The Morgan fingerprint density at radius 3 is 2.14 bits per heavy atom. The molecule has 158 valence electrons. The SMILES string of the molecule is CCOc1ccc(N([C@@H](C)C(=O)N[C@@H](CC)c2ccc(C)cc2)S(C)(=O)=O)cc1. The Morgan fingerprint density at radius 1 is 1.07 bits per heavy atom. The zero-order valence-electron chi connectivity index (χ0n) is 17.7. The number of hydrogen-bond donors (Lipinski definition) is 1. The molecule has 0 fully saturated rings. The molecule has 1 amide bonds. The minimum atomic E-state index is -3.67. The van der Waals surface area contributed by atoms with Crippen LogP contribution in [0.4, 0.5) is 5.69 Å². The first-order valence-electron chi connectivity index (χ1n) is 9.76. The van der Waals surface area contributed by atoms with Crippen molar-refractivity contribution >= 4 is 21.6 Å². The number of nitrogens with zero attached hydrogens (tertiary/aromatic N) is 1. The van der Waals surface area contributed by atoms with Crippen molar-refractivity contribution in [2.75, 3.05) is 17.2 Å². The Balaban J connectivity index is 2.24. The number of amides is 1. The molecule has 7 heteroatoms. The van der Waals surface area contributed by atoms with Gasteiger partial charge in [-0.15, -0.1) is 0 Å². The van der Waals surface area contributed by atoms with Crippen molar-refractivity contribution in [3.05, 3.63) is 59.7 Å². The van der Waals surface area contributed by atoms with Crippen molar-refractivity contribution in [2.45, 2.75) is 46.2 Å². The molecule has 0 bridgehead atoms. The number of rotatable bonds is 9. The molecule has 2 rings (SSSR count). The molecule has 0 spiro atoms. The molecule has 0 aliphatic heterocycles. The minimum absolute atomic E-state index is 0.188. The fourth-order valence-corrected chi connectivity index (χ4v) is 4.35. The highest BCUT2D eigenvalue weighted by Crippen LogP contribution is 2.25. The number of ether oxygens (including phenoxy) is 1. The van der Waals surface area contributed by atoms with Gasteiger partial charge >= 0.3 is 0 Å². The molecule has 0 saturated carbocycles. The number of anilines is 1. The van der Waals surface area contributed by atoms with Crippen molar-refractivity contribution < 1.29 is 17.9 Å². The van der Waals surface area contributed by atoms with Crippen molar-refractivity contribution in [1.82, 2.24) is 5.32 Å². The zero-order chi connectivity index (χ0) is 21.6. The molecule has 0 unspecified atom stereocenters. The van der Waals surface area contributed by atoms with Gasteiger partial charge in [-0.05, 0) is 57.0 Å². The number of carbonyl (C=O) groups excluding carboxylic acids is 1. The first kappa shape index (κ1) is 22.7. The second-order valence-electron chi connectivity index (χ2n) is 7.04. The average molecular weight is 419 g/mol. The minimum Gasteiger partial charge on any atom is -0.494 e. The van der Waals surface area contributed by atoms with Crippen LogP contribution in [0, 0.1) is 6.92 Å². The summed E-state index contributed by atoms with van der Waals surface area (Å²) in [5.74, 6) is 0.295. The average Bonchev–Trinajstić information content (AvgIpc) is 2.67. The van der Waals surface area contributed by atoms with Gasteiger partial charge in [-0.1, -0.05) is 36.8 Å². The van der Waals surface area contributed by atoms with Crippen LogP contribution in [0.5, 0.6) is 5.75 Å². The molecule has 0 aromatic heterocycles. The molecule has 0 saturated heterocycles. The van der Waals surface area contributed by atoms with E-state index < -0.39 is 16.1 Å². The smallest absolute Gasteiger partial charge is 0.244 e. The van der Waals surface area contributed by atoms with Crippen LogP contribution in [-0.2, 0) is 14.8 Å². The van der Waals surface area contributed by atoms with Gasteiger partial charge in [0.2, 0.25) is 15.9 Å². The number of aryl methyl sites for hydroxylation is 1. The molecule has 6 nitrogen and oxygen atoms in total. The topological polar surface area (TPSA) is 75.7 Å². The highest BCUT2D eigenvalue weighted by atomic mass is 32.2. The van der Waals surface area contributed by atoms with Crippen LogP contribution in [0.2, 0.25) is 0 Å². The summed E-state index contributed by atoms with van der Waals surface area (Å²) in [6, 6.07) is 13.6. The molecule has 2 aromatic rings. The molecule has 2 aromatic carbocycles. The molecule has 0 aliphatic carbocycles. The molecule has 0 heterocycles. The van der Waals surface area contributed by atoms with E-state index in [2.05, 4.69) is 5.32 Å². The Hall–Kier alpha value is -2.54. The fourth-order valence-electron chi connectivity index (χ4n) is 3.18. The zero-order valence-corrected chi connectivity index (χ0v) is 18.5. The first-order valence-corrected chi connectivity index (χ1v) is 11.6. The summed E-state index contributed by atoms with van der Waals surface area (Å²) in [5, 5.41) is 2.99. The predicted octanol–water partition coefficient (Wildman–Crippen LogP) is 3.82. The number of sulfonamides is 1. The highest BCUT2D eigenvalue weighted by Gasteiger charge is 2.30. The summed E-state index contributed by atoms with van der Waals surface area (Å²) < 4.78 is 31.5. The maximum absolute atomic E-state index is 12.9. The summed E-state index contributed by atoms with van der Waals surface area (Å²) in [4.78, 5) is 12.9. The molecule has 29 heavy (non-hydrogen) atoms. The van der Waals surface area contributed by atoms with Crippen LogP contribution in [0.1, 0.15) is 44.4 Å². The summed E-state index contributed by atoms with van der Waals surface area (Å²) in [5.41, 5.74) is 2.55. The van der Waals surface area contributed by atoms with Crippen molar-refractivity contribution in [3.8, 4) is 5.75 Å². The van der Waals surface area contributed by atoms with Crippen LogP contribution in [-0.4, -0.2) is 33.2 Å². The molecule has 2 atom stereocenters. The predicted molar refractivity (Wildman–Crippen MR) is 117 cm³/mol. The summed E-state index contributed by atoms with van der Waals surface area (Å²) in [7, 11) is -3.67. The lowest BCUT2D eigenvalue weighted by molar-refractivity contribution is -0.122. The van der Waals surface area contributed by atoms with Crippen LogP contribution >= 0.6 is 0 Å². The lowest BCUT2D eigenvalue weighted by Crippen LogP contribution is -2.48. The fraction of sp³-hybridized carbons (Fsp3) is 0.409. The normalized spacial score (nSPS) is 13.4. The Morgan fingerprint density at radius 2 is 1.66 bits per heavy atom. The van der Waals surface area contributed by atoms with E-state index in [9.17, 15) is 13.2 Å². The maximum Gasteiger partial charge on any atom is 0.244 e. The van der Waals surface area contributed by atoms with Crippen molar-refractivity contribution in [1.29, 1.82) is 0 Å². The van der Waals surface area contributed by atoms with Gasteiger partial charge < -0.3 is 10.1 Å². The lowest BCUT2D eigenvalue weighted by atomic mass is 10.0. The third kappa shape index (κ3) is 5.97. The summed E-state index contributed by atoms with van der Waals surface area (Å²) in [6.07, 6.45) is 1.80. The van der Waals surface area contributed by atoms with Crippen LogP contribution in [0.3, 0.4) is 0 Å². The summed E-state index contributed by atoms with van der Waals surface area (Å²) in [6.45, 7) is 7.98. The van der Waals surface area contributed by atoms with E-state index >= 15 is 0 Å². The van der Waals surface area contributed by atoms with Gasteiger partial charge in [0.1, 0.15) is 11.8 Å².